The number of anilines is 1. The molecular weight excluding hydrogens is 384 g/mol. The normalized spacial score (nSPS) is 10.4. The fourth-order valence-electron chi connectivity index (χ4n) is 1.50. The summed E-state index contributed by atoms with van der Waals surface area (Å²) in [5.41, 5.74) is 1.36. The zero-order chi connectivity index (χ0) is 13.1. The molecule has 0 aromatic heterocycles. The number of benzene rings is 2. The Morgan fingerprint density at radius 1 is 1.06 bits per heavy atom. The topological polar surface area (TPSA) is 12.0 Å². The Labute approximate surface area is 127 Å². The van der Waals surface area contributed by atoms with Gasteiger partial charge in [0.15, 0.2) is 0 Å². The van der Waals surface area contributed by atoms with E-state index in [1.807, 2.05) is 12.1 Å². The molecule has 2 aromatic carbocycles. The summed E-state index contributed by atoms with van der Waals surface area (Å²) in [6, 6.07) is 10.5. The van der Waals surface area contributed by atoms with Gasteiger partial charge in [-0.25, -0.2) is 4.39 Å². The molecule has 5 heteroatoms. The first-order valence-corrected chi connectivity index (χ1v) is 7.15. The summed E-state index contributed by atoms with van der Waals surface area (Å²) in [5.74, 6) is -0.296. The minimum absolute atomic E-state index is 0.296. The molecule has 0 radical (unpaired) electrons. The summed E-state index contributed by atoms with van der Waals surface area (Å²) in [5, 5.41) is 3.68. The summed E-state index contributed by atoms with van der Waals surface area (Å²) in [6.07, 6.45) is 0. The highest BCUT2D eigenvalue weighted by Gasteiger charge is 2.05. The molecule has 2 aromatic rings. The smallest absolute Gasteiger partial charge is 0.147 e. The van der Waals surface area contributed by atoms with Gasteiger partial charge in [0.25, 0.3) is 0 Å². The van der Waals surface area contributed by atoms with E-state index in [-0.39, 0.29) is 5.82 Å². The molecular formula is C13H9Br2ClFN. The van der Waals surface area contributed by atoms with E-state index in [0.717, 1.165) is 10.0 Å². The van der Waals surface area contributed by atoms with Gasteiger partial charge < -0.3 is 5.32 Å². The number of hydrogen-bond acceptors (Lipinski definition) is 1. The van der Waals surface area contributed by atoms with Crippen LogP contribution in [0.15, 0.2) is 45.3 Å². The van der Waals surface area contributed by atoms with Gasteiger partial charge in [0, 0.05) is 20.5 Å². The van der Waals surface area contributed by atoms with Crippen molar-refractivity contribution in [2.75, 3.05) is 5.32 Å². The second kappa shape index (κ2) is 6.04. The molecule has 0 amide bonds. The largest absolute Gasteiger partial charge is 0.379 e. The number of rotatable bonds is 3. The van der Waals surface area contributed by atoms with Gasteiger partial charge in [-0.3, -0.25) is 0 Å². The first-order chi connectivity index (χ1) is 8.56. The highest BCUT2D eigenvalue weighted by molar-refractivity contribution is 9.10. The van der Waals surface area contributed by atoms with Crippen molar-refractivity contribution in [1.29, 1.82) is 0 Å². The average molecular weight is 393 g/mol. The predicted octanol–water partition coefficient (Wildman–Crippen LogP) is 5.62. The SMILES string of the molecule is Fc1cc(Br)ccc1NCc1cc(Br)ccc1Cl. The molecule has 0 saturated heterocycles. The summed E-state index contributed by atoms with van der Waals surface area (Å²) >= 11 is 12.7. The van der Waals surface area contributed by atoms with Gasteiger partial charge in [0.05, 0.1) is 5.69 Å². The van der Waals surface area contributed by atoms with E-state index >= 15 is 0 Å². The molecule has 2 rings (SSSR count). The van der Waals surface area contributed by atoms with Gasteiger partial charge in [0.2, 0.25) is 0 Å². The van der Waals surface area contributed by atoms with Crippen molar-refractivity contribution in [3.8, 4) is 0 Å². The van der Waals surface area contributed by atoms with E-state index in [1.165, 1.54) is 6.07 Å². The third-order valence-electron chi connectivity index (χ3n) is 2.41. The molecule has 0 aliphatic carbocycles. The standard InChI is InChI=1S/C13H9Br2ClFN/c14-9-1-3-11(16)8(5-9)7-18-13-4-2-10(15)6-12(13)17/h1-6,18H,7H2. The van der Waals surface area contributed by atoms with E-state index in [0.29, 0.717) is 21.7 Å². The first-order valence-electron chi connectivity index (χ1n) is 5.19. The van der Waals surface area contributed by atoms with Crippen LogP contribution in [0.1, 0.15) is 5.56 Å². The molecule has 1 nitrogen and oxygen atoms in total. The van der Waals surface area contributed by atoms with Crippen LogP contribution in [0.25, 0.3) is 0 Å². The van der Waals surface area contributed by atoms with E-state index < -0.39 is 0 Å². The van der Waals surface area contributed by atoms with Crippen molar-refractivity contribution in [2.45, 2.75) is 6.54 Å². The summed E-state index contributed by atoms with van der Waals surface area (Å²) < 4.78 is 15.3. The Kier molecular flexibility index (Phi) is 4.65. The number of nitrogens with one attached hydrogen (secondary N) is 1. The Bertz CT molecular complexity index is 575. The van der Waals surface area contributed by atoms with Crippen LogP contribution in [-0.4, -0.2) is 0 Å². The number of hydrogen-bond donors (Lipinski definition) is 1. The lowest BCUT2D eigenvalue weighted by molar-refractivity contribution is 0.629. The first kappa shape index (κ1) is 13.8. The summed E-state index contributed by atoms with van der Waals surface area (Å²) in [7, 11) is 0. The lowest BCUT2D eigenvalue weighted by Crippen LogP contribution is -2.02. The van der Waals surface area contributed by atoms with E-state index in [1.54, 1.807) is 18.2 Å². The highest BCUT2D eigenvalue weighted by Crippen LogP contribution is 2.24. The Balaban J connectivity index is 2.13. The van der Waals surface area contributed by atoms with Crippen LogP contribution in [0.4, 0.5) is 10.1 Å². The Morgan fingerprint density at radius 3 is 2.44 bits per heavy atom. The summed E-state index contributed by atoms with van der Waals surface area (Å²) in [4.78, 5) is 0. The van der Waals surface area contributed by atoms with Crippen LogP contribution >= 0.6 is 43.5 Å². The molecule has 0 aliphatic heterocycles. The van der Waals surface area contributed by atoms with Gasteiger partial charge in [-0.2, -0.15) is 0 Å². The molecule has 0 spiro atoms. The van der Waals surface area contributed by atoms with Gasteiger partial charge in [-0.05, 0) is 42.0 Å². The fraction of sp³-hybridized carbons (Fsp3) is 0.0769. The fourth-order valence-corrected chi connectivity index (χ4v) is 2.43. The predicted molar refractivity (Wildman–Crippen MR) is 80.6 cm³/mol. The molecule has 0 heterocycles. The van der Waals surface area contributed by atoms with Crippen LogP contribution < -0.4 is 5.32 Å². The third-order valence-corrected chi connectivity index (χ3v) is 3.76. The quantitative estimate of drug-likeness (QED) is 0.714. The molecule has 0 saturated carbocycles. The zero-order valence-corrected chi connectivity index (χ0v) is 13.1. The molecule has 1 N–H and O–H groups in total. The van der Waals surface area contributed by atoms with Crippen LogP contribution in [-0.2, 0) is 6.54 Å². The van der Waals surface area contributed by atoms with E-state index in [9.17, 15) is 4.39 Å². The second-order valence-electron chi connectivity index (χ2n) is 3.71. The van der Waals surface area contributed by atoms with Gasteiger partial charge >= 0.3 is 0 Å². The maximum atomic E-state index is 13.6. The molecule has 0 aliphatic rings. The van der Waals surface area contributed by atoms with Crippen LogP contribution in [0, 0.1) is 5.82 Å². The van der Waals surface area contributed by atoms with Crippen LogP contribution in [0.5, 0.6) is 0 Å². The highest BCUT2D eigenvalue weighted by atomic mass is 79.9. The Hall–Kier alpha value is -0.580. The molecule has 0 atom stereocenters. The Morgan fingerprint density at radius 2 is 1.72 bits per heavy atom. The van der Waals surface area contributed by atoms with Crippen molar-refractivity contribution >= 4 is 49.1 Å². The second-order valence-corrected chi connectivity index (χ2v) is 5.95. The summed E-state index contributed by atoms with van der Waals surface area (Å²) in [6.45, 7) is 0.469. The van der Waals surface area contributed by atoms with Crippen molar-refractivity contribution in [3.63, 3.8) is 0 Å². The molecule has 0 fully saturated rings. The minimum Gasteiger partial charge on any atom is -0.379 e. The number of halogens is 4. The van der Waals surface area contributed by atoms with Crippen molar-refractivity contribution in [3.05, 3.63) is 61.7 Å². The molecule has 0 unspecified atom stereocenters. The maximum absolute atomic E-state index is 13.6. The van der Waals surface area contributed by atoms with Crippen molar-refractivity contribution in [2.24, 2.45) is 0 Å². The van der Waals surface area contributed by atoms with Crippen LogP contribution in [0.2, 0.25) is 5.02 Å². The van der Waals surface area contributed by atoms with Gasteiger partial charge in [-0.1, -0.05) is 43.5 Å². The van der Waals surface area contributed by atoms with Crippen LogP contribution in [0.3, 0.4) is 0 Å². The molecule has 0 bridgehead atoms. The van der Waals surface area contributed by atoms with E-state index in [4.69, 9.17) is 11.6 Å². The maximum Gasteiger partial charge on any atom is 0.147 e. The van der Waals surface area contributed by atoms with Gasteiger partial charge in [-0.15, -0.1) is 0 Å². The van der Waals surface area contributed by atoms with Crippen molar-refractivity contribution < 1.29 is 4.39 Å². The monoisotopic (exact) mass is 391 g/mol. The minimum atomic E-state index is -0.296. The van der Waals surface area contributed by atoms with Crippen molar-refractivity contribution in [1.82, 2.24) is 0 Å². The average Bonchev–Trinajstić information content (AvgIpc) is 2.32. The molecule has 94 valence electrons. The molecule has 18 heavy (non-hydrogen) atoms. The third kappa shape index (κ3) is 3.46. The zero-order valence-electron chi connectivity index (χ0n) is 9.18. The lowest BCUT2D eigenvalue weighted by Gasteiger charge is -2.09. The lowest BCUT2D eigenvalue weighted by atomic mass is 10.2. The van der Waals surface area contributed by atoms with Gasteiger partial charge in [0.1, 0.15) is 5.82 Å². The van der Waals surface area contributed by atoms with E-state index in [2.05, 4.69) is 37.2 Å².